The summed E-state index contributed by atoms with van der Waals surface area (Å²) in [6, 6.07) is 11.9. The maximum absolute atomic E-state index is 13.0. The second-order valence-electron chi connectivity index (χ2n) is 8.36. The number of para-hydroxylation sites is 1. The first kappa shape index (κ1) is 21.8. The topological polar surface area (TPSA) is 66.5 Å². The van der Waals surface area contributed by atoms with Gasteiger partial charge in [0.15, 0.2) is 0 Å². The number of carbonyl (C=O) groups excluding carboxylic acids is 1. The Balaban J connectivity index is 1.92. The molecule has 29 heavy (non-hydrogen) atoms. The monoisotopic (exact) mass is 434 g/mol. The molecule has 5 nitrogen and oxygen atoms in total. The van der Waals surface area contributed by atoms with Crippen molar-refractivity contribution < 1.29 is 13.2 Å². The van der Waals surface area contributed by atoms with Crippen LogP contribution in [-0.4, -0.2) is 31.7 Å². The van der Waals surface area contributed by atoms with Gasteiger partial charge >= 0.3 is 0 Å². The number of carbonyl (C=O) groups is 1. The fraction of sp³-hybridized carbons (Fsp3) is 0.409. The first-order valence-corrected chi connectivity index (χ1v) is 11.6. The number of anilines is 1. The number of hydrogen-bond donors (Lipinski definition) is 1. The van der Waals surface area contributed by atoms with Gasteiger partial charge in [0.05, 0.1) is 15.5 Å². The quantitative estimate of drug-likeness (QED) is 0.730. The van der Waals surface area contributed by atoms with Crippen LogP contribution < -0.4 is 5.32 Å². The average molecular weight is 435 g/mol. The van der Waals surface area contributed by atoms with E-state index in [1.54, 1.807) is 0 Å². The van der Waals surface area contributed by atoms with E-state index >= 15 is 0 Å². The molecule has 1 saturated heterocycles. The van der Waals surface area contributed by atoms with Crippen LogP contribution in [0.1, 0.15) is 56.0 Å². The Morgan fingerprint density at radius 3 is 2.34 bits per heavy atom. The molecule has 1 N–H and O–H groups in total. The van der Waals surface area contributed by atoms with Crippen molar-refractivity contribution in [3.05, 3.63) is 58.6 Å². The summed E-state index contributed by atoms with van der Waals surface area (Å²) in [5.74, 6) is -0.428. The largest absolute Gasteiger partial charge is 0.322 e. The highest BCUT2D eigenvalue weighted by Gasteiger charge is 2.27. The van der Waals surface area contributed by atoms with Crippen molar-refractivity contribution in [1.29, 1.82) is 0 Å². The molecule has 0 aliphatic carbocycles. The number of piperidine rings is 1. The minimum atomic E-state index is -3.64. The van der Waals surface area contributed by atoms with E-state index in [-0.39, 0.29) is 20.9 Å². The molecular formula is C22H27ClN2O3S. The summed E-state index contributed by atoms with van der Waals surface area (Å²) >= 11 is 6.25. The second-order valence-corrected chi connectivity index (χ2v) is 10.7. The molecule has 0 atom stereocenters. The van der Waals surface area contributed by atoms with E-state index in [1.807, 2.05) is 24.3 Å². The summed E-state index contributed by atoms with van der Waals surface area (Å²) in [6.45, 7) is 7.21. The van der Waals surface area contributed by atoms with Gasteiger partial charge < -0.3 is 5.32 Å². The molecule has 1 aliphatic heterocycles. The van der Waals surface area contributed by atoms with Crippen molar-refractivity contribution in [2.75, 3.05) is 18.4 Å². The zero-order chi connectivity index (χ0) is 21.2. The van der Waals surface area contributed by atoms with Crippen molar-refractivity contribution >= 4 is 33.2 Å². The zero-order valence-corrected chi connectivity index (χ0v) is 18.6. The first-order chi connectivity index (χ1) is 13.6. The van der Waals surface area contributed by atoms with Crippen LogP contribution in [0.5, 0.6) is 0 Å². The van der Waals surface area contributed by atoms with E-state index in [4.69, 9.17) is 11.6 Å². The number of rotatable bonds is 4. The lowest BCUT2D eigenvalue weighted by molar-refractivity contribution is 0.102. The average Bonchev–Trinajstić information content (AvgIpc) is 2.68. The fourth-order valence-corrected chi connectivity index (χ4v) is 5.28. The van der Waals surface area contributed by atoms with Gasteiger partial charge in [0.25, 0.3) is 5.91 Å². The van der Waals surface area contributed by atoms with Crippen molar-refractivity contribution in [1.82, 2.24) is 4.31 Å². The van der Waals surface area contributed by atoms with Crippen LogP contribution in [-0.2, 0) is 15.4 Å². The van der Waals surface area contributed by atoms with E-state index in [9.17, 15) is 13.2 Å². The van der Waals surface area contributed by atoms with Crippen LogP contribution in [0, 0.1) is 0 Å². The molecule has 0 bridgehead atoms. The molecule has 0 unspecified atom stereocenters. The molecule has 156 valence electrons. The Kier molecular flexibility index (Phi) is 6.36. The third-order valence-electron chi connectivity index (χ3n) is 5.12. The van der Waals surface area contributed by atoms with E-state index in [1.165, 1.54) is 22.5 Å². The summed E-state index contributed by atoms with van der Waals surface area (Å²) in [5, 5.41) is 3.12. The predicted octanol–water partition coefficient (Wildman–Crippen LogP) is 5.06. The van der Waals surface area contributed by atoms with Gasteiger partial charge in [-0.1, -0.05) is 57.0 Å². The van der Waals surface area contributed by atoms with Crippen LogP contribution in [0.2, 0.25) is 5.02 Å². The van der Waals surface area contributed by atoms with Gasteiger partial charge in [0, 0.05) is 18.8 Å². The second kappa shape index (κ2) is 8.46. The van der Waals surface area contributed by atoms with Crippen LogP contribution in [0.25, 0.3) is 0 Å². The van der Waals surface area contributed by atoms with E-state index in [2.05, 4.69) is 26.1 Å². The first-order valence-electron chi connectivity index (χ1n) is 9.81. The lowest BCUT2D eigenvalue weighted by Gasteiger charge is -2.26. The SMILES string of the molecule is CC(C)(C)c1ccccc1NC(=O)c1cc(S(=O)(=O)N2CCCCC2)ccc1Cl. The number of benzene rings is 2. The van der Waals surface area contributed by atoms with Crippen LogP contribution >= 0.6 is 11.6 Å². The molecule has 2 aromatic carbocycles. The Morgan fingerprint density at radius 1 is 1.03 bits per heavy atom. The zero-order valence-electron chi connectivity index (χ0n) is 17.0. The van der Waals surface area contributed by atoms with Crippen LogP contribution in [0.15, 0.2) is 47.4 Å². The van der Waals surface area contributed by atoms with Gasteiger partial charge in [0.2, 0.25) is 10.0 Å². The van der Waals surface area contributed by atoms with E-state index in [0.29, 0.717) is 18.8 Å². The Labute approximate surface area is 178 Å². The molecule has 1 heterocycles. The lowest BCUT2D eigenvalue weighted by atomic mass is 9.86. The number of amides is 1. The molecular weight excluding hydrogens is 408 g/mol. The van der Waals surface area contributed by atoms with Gasteiger partial charge in [-0.3, -0.25) is 4.79 Å². The molecule has 7 heteroatoms. The Morgan fingerprint density at radius 2 is 1.69 bits per heavy atom. The van der Waals surface area contributed by atoms with E-state index < -0.39 is 15.9 Å². The molecule has 1 fully saturated rings. The minimum Gasteiger partial charge on any atom is -0.322 e. The molecule has 3 rings (SSSR count). The number of nitrogens with one attached hydrogen (secondary N) is 1. The third-order valence-corrected chi connectivity index (χ3v) is 7.34. The normalized spacial score (nSPS) is 15.9. The smallest absolute Gasteiger partial charge is 0.257 e. The lowest BCUT2D eigenvalue weighted by Crippen LogP contribution is -2.35. The standard InChI is InChI=1S/C22H27ClN2O3S/c1-22(2,3)18-9-5-6-10-20(18)24-21(26)17-15-16(11-12-19(17)23)29(27,28)25-13-7-4-8-14-25/h5-6,9-12,15H,4,7-8,13-14H2,1-3H3,(H,24,26). The summed E-state index contributed by atoms with van der Waals surface area (Å²) < 4.78 is 27.4. The molecule has 2 aromatic rings. The molecule has 0 radical (unpaired) electrons. The highest BCUT2D eigenvalue weighted by atomic mass is 35.5. The van der Waals surface area contributed by atoms with Crippen molar-refractivity contribution in [2.45, 2.75) is 50.3 Å². The van der Waals surface area contributed by atoms with Gasteiger partial charge in [-0.15, -0.1) is 0 Å². The van der Waals surface area contributed by atoms with Gasteiger partial charge in [0.1, 0.15) is 0 Å². The van der Waals surface area contributed by atoms with Crippen molar-refractivity contribution in [3.8, 4) is 0 Å². The predicted molar refractivity (Wildman–Crippen MR) is 117 cm³/mol. The number of hydrogen-bond acceptors (Lipinski definition) is 3. The highest BCUT2D eigenvalue weighted by molar-refractivity contribution is 7.89. The molecule has 1 amide bonds. The summed E-state index contributed by atoms with van der Waals surface area (Å²) in [6.07, 6.45) is 2.74. The summed E-state index contributed by atoms with van der Waals surface area (Å²) in [7, 11) is -3.64. The maximum atomic E-state index is 13.0. The molecule has 0 aromatic heterocycles. The van der Waals surface area contributed by atoms with Gasteiger partial charge in [-0.2, -0.15) is 4.31 Å². The highest BCUT2D eigenvalue weighted by Crippen LogP contribution is 2.31. The molecule has 1 aliphatic rings. The maximum Gasteiger partial charge on any atom is 0.257 e. The molecule has 0 saturated carbocycles. The van der Waals surface area contributed by atoms with Crippen LogP contribution in [0.4, 0.5) is 5.69 Å². The number of nitrogens with zero attached hydrogens (tertiary/aromatic N) is 1. The summed E-state index contributed by atoms with van der Waals surface area (Å²) in [4.78, 5) is 13.1. The fourth-order valence-electron chi connectivity index (χ4n) is 3.53. The number of sulfonamides is 1. The molecule has 0 spiro atoms. The number of halogens is 1. The van der Waals surface area contributed by atoms with Crippen LogP contribution in [0.3, 0.4) is 0 Å². The van der Waals surface area contributed by atoms with Gasteiger partial charge in [-0.05, 0) is 48.1 Å². The minimum absolute atomic E-state index is 0.0954. The van der Waals surface area contributed by atoms with Gasteiger partial charge in [-0.25, -0.2) is 8.42 Å². The Hall–Kier alpha value is -1.89. The van der Waals surface area contributed by atoms with Crippen molar-refractivity contribution in [2.24, 2.45) is 0 Å². The third kappa shape index (κ3) is 4.82. The van der Waals surface area contributed by atoms with Crippen molar-refractivity contribution in [3.63, 3.8) is 0 Å². The summed E-state index contributed by atoms with van der Waals surface area (Å²) in [5.41, 5.74) is 1.66. The Bertz CT molecular complexity index is 1010. The van der Waals surface area contributed by atoms with E-state index in [0.717, 1.165) is 24.8 Å².